The lowest BCUT2D eigenvalue weighted by Gasteiger charge is -2.09. The highest BCUT2D eigenvalue weighted by atomic mass is 35.5. The van der Waals surface area contributed by atoms with Crippen molar-refractivity contribution in [3.63, 3.8) is 0 Å². The van der Waals surface area contributed by atoms with Crippen molar-refractivity contribution in [2.75, 3.05) is 18.5 Å². The van der Waals surface area contributed by atoms with Crippen LogP contribution < -0.4 is 10.1 Å². The molecule has 0 bridgehead atoms. The molecular weight excluding hydrogens is 353 g/mol. The Hall–Kier alpha value is -2.24. The molecule has 0 radical (unpaired) electrons. The van der Waals surface area contributed by atoms with Gasteiger partial charge in [0.25, 0.3) is 5.91 Å². The summed E-state index contributed by atoms with van der Waals surface area (Å²) in [6.45, 7) is 1.86. The van der Waals surface area contributed by atoms with E-state index in [1.165, 1.54) is 6.07 Å². The second-order valence-corrected chi connectivity index (χ2v) is 5.52. The second-order valence-electron chi connectivity index (χ2n) is 4.71. The van der Waals surface area contributed by atoms with Gasteiger partial charge >= 0.3 is 5.97 Å². The number of halogens is 2. The summed E-state index contributed by atoms with van der Waals surface area (Å²) in [5.41, 5.74) is 0.965. The first-order chi connectivity index (χ1) is 11.5. The number of ether oxygens (including phenoxy) is 2. The highest BCUT2D eigenvalue weighted by Gasteiger charge is 2.08. The van der Waals surface area contributed by atoms with Crippen molar-refractivity contribution in [3.8, 4) is 5.75 Å². The first-order valence-electron chi connectivity index (χ1n) is 7.14. The molecular formula is C17H15Cl2NO4. The van der Waals surface area contributed by atoms with E-state index >= 15 is 0 Å². The van der Waals surface area contributed by atoms with E-state index in [2.05, 4.69) is 5.32 Å². The van der Waals surface area contributed by atoms with Crippen LogP contribution in [0.25, 0.3) is 0 Å². The topological polar surface area (TPSA) is 64.6 Å². The average Bonchev–Trinajstić information content (AvgIpc) is 2.57. The SMILES string of the molecule is CCOC(=O)c1ccc(NC(=O)COc2ccc(Cl)c(Cl)c2)cc1. The monoisotopic (exact) mass is 367 g/mol. The first kappa shape index (κ1) is 18.1. The van der Waals surface area contributed by atoms with Gasteiger partial charge in [0.15, 0.2) is 6.61 Å². The number of hydrogen-bond donors (Lipinski definition) is 1. The maximum atomic E-state index is 11.9. The van der Waals surface area contributed by atoms with Crippen molar-refractivity contribution in [1.82, 2.24) is 0 Å². The lowest BCUT2D eigenvalue weighted by atomic mass is 10.2. The van der Waals surface area contributed by atoms with Crippen molar-refractivity contribution in [1.29, 1.82) is 0 Å². The second kappa shape index (κ2) is 8.57. The number of anilines is 1. The van der Waals surface area contributed by atoms with Gasteiger partial charge in [-0.05, 0) is 43.3 Å². The van der Waals surface area contributed by atoms with Crippen molar-refractivity contribution in [2.24, 2.45) is 0 Å². The molecule has 0 aliphatic carbocycles. The fourth-order valence-electron chi connectivity index (χ4n) is 1.82. The van der Waals surface area contributed by atoms with Crippen molar-refractivity contribution < 1.29 is 19.1 Å². The highest BCUT2D eigenvalue weighted by Crippen LogP contribution is 2.26. The number of benzene rings is 2. The Morgan fingerprint density at radius 3 is 2.38 bits per heavy atom. The summed E-state index contributed by atoms with van der Waals surface area (Å²) in [5.74, 6) is -0.305. The summed E-state index contributed by atoms with van der Waals surface area (Å²) < 4.78 is 10.2. The molecule has 0 aliphatic heterocycles. The van der Waals surface area contributed by atoms with Crippen LogP contribution in [-0.4, -0.2) is 25.1 Å². The van der Waals surface area contributed by atoms with Gasteiger partial charge in [0.1, 0.15) is 5.75 Å². The van der Waals surface area contributed by atoms with Crippen LogP contribution in [0.2, 0.25) is 10.0 Å². The summed E-state index contributed by atoms with van der Waals surface area (Å²) in [4.78, 5) is 23.4. The molecule has 5 nitrogen and oxygen atoms in total. The van der Waals surface area contributed by atoms with Crippen LogP contribution in [0.5, 0.6) is 5.75 Å². The van der Waals surface area contributed by atoms with Crippen molar-refractivity contribution in [2.45, 2.75) is 6.92 Å². The summed E-state index contributed by atoms with van der Waals surface area (Å²) in [6.07, 6.45) is 0. The Morgan fingerprint density at radius 2 is 1.75 bits per heavy atom. The fourth-order valence-corrected chi connectivity index (χ4v) is 2.10. The quantitative estimate of drug-likeness (QED) is 0.777. The largest absolute Gasteiger partial charge is 0.484 e. The van der Waals surface area contributed by atoms with Gasteiger partial charge < -0.3 is 14.8 Å². The van der Waals surface area contributed by atoms with Gasteiger partial charge in [-0.25, -0.2) is 4.79 Å². The Kier molecular flexibility index (Phi) is 6.46. The molecule has 126 valence electrons. The zero-order chi connectivity index (χ0) is 17.5. The molecule has 0 saturated carbocycles. The Bertz CT molecular complexity index is 732. The molecule has 1 N–H and O–H groups in total. The van der Waals surface area contributed by atoms with Crippen LogP contribution in [0.1, 0.15) is 17.3 Å². The number of carbonyl (C=O) groups excluding carboxylic acids is 2. The number of rotatable bonds is 6. The minimum Gasteiger partial charge on any atom is -0.484 e. The van der Waals surface area contributed by atoms with E-state index in [1.807, 2.05) is 0 Å². The standard InChI is InChI=1S/C17H15Cl2NO4/c1-2-23-17(22)11-3-5-12(6-4-11)20-16(21)10-24-13-7-8-14(18)15(19)9-13/h3-9H,2,10H2,1H3,(H,20,21). The van der Waals surface area contributed by atoms with E-state index in [1.54, 1.807) is 43.3 Å². The maximum absolute atomic E-state index is 11.9. The third kappa shape index (κ3) is 5.15. The number of hydrogen-bond acceptors (Lipinski definition) is 4. The molecule has 2 aromatic rings. The molecule has 0 aromatic heterocycles. The van der Waals surface area contributed by atoms with Gasteiger partial charge in [-0.15, -0.1) is 0 Å². The molecule has 0 heterocycles. The molecule has 0 atom stereocenters. The summed E-state index contributed by atoms with van der Waals surface area (Å²) in [7, 11) is 0. The van der Waals surface area contributed by atoms with Crippen LogP contribution >= 0.6 is 23.2 Å². The highest BCUT2D eigenvalue weighted by molar-refractivity contribution is 6.42. The smallest absolute Gasteiger partial charge is 0.338 e. The molecule has 0 saturated heterocycles. The van der Waals surface area contributed by atoms with E-state index < -0.39 is 5.97 Å². The van der Waals surface area contributed by atoms with Gasteiger partial charge in [-0.3, -0.25) is 4.79 Å². The lowest BCUT2D eigenvalue weighted by Crippen LogP contribution is -2.20. The maximum Gasteiger partial charge on any atom is 0.338 e. The molecule has 24 heavy (non-hydrogen) atoms. The number of nitrogens with one attached hydrogen (secondary N) is 1. The van der Waals surface area contributed by atoms with Gasteiger partial charge in [0.05, 0.1) is 22.2 Å². The van der Waals surface area contributed by atoms with Crippen LogP contribution in [-0.2, 0) is 9.53 Å². The Balaban J connectivity index is 1.87. The van der Waals surface area contributed by atoms with Crippen molar-refractivity contribution in [3.05, 3.63) is 58.1 Å². The molecule has 2 rings (SSSR count). The molecule has 0 unspecified atom stereocenters. The number of amides is 1. The zero-order valence-corrected chi connectivity index (χ0v) is 14.4. The van der Waals surface area contributed by atoms with Crippen LogP contribution in [0, 0.1) is 0 Å². The van der Waals surface area contributed by atoms with E-state index in [-0.39, 0.29) is 12.5 Å². The summed E-state index contributed by atoms with van der Waals surface area (Å²) in [5, 5.41) is 3.42. The molecule has 1 amide bonds. The van der Waals surface area contributed by atoms with Crippen LogP contribution in [0.4, 0.5) is 5.69 Å². The van der Waals surface area contributed by atoms with E-state index in [9.17, 15) is 9.59 Å². The van der Waals surface area contributed by atoms with Crippen LogP contribution in [0.15, 0.2) is 42.5 Å². The van der Waals surface area contributed by atoms with Gasteiger partial charge in [-0.2, -0.15) is 0 Å². The number of carbonyl (C=O) groups is 2. The lowest BCUT2D eigenvalue weighted by molar-refractivity contribution is -0.118. The van der Waals surface area contributed by atoms with E-state index in [0.29, 0.717) is 33.7 Å². The minimum absolute atomic E-state index is 0.183. The average molecular weight is 368 g/mol. The summed E-state index contributed by atoms with van der Waals surface area (Å²) >= 11 is 11.7. The molecule has 2 aromatic carbocycles. The zero-order valence-electron chi connectivity index (χ0n) is 12.8. The third-order valence-corrected chi connectivity index (χ3v) is 3.68. The first-order valence-corrected chi connectivity index (χ1v) is 7.90. The van der Waals surface area contributed by atoms with Gasteiger partial charge in [-0.1, -0.05) is 23.2 Å². The van der Waals surface area contributed by atoms with Gasteiger partial charge in [0, 0.05) is 11.8 Å². The molecule has 0 aliphatic rings. The Labute approximate surface area is 149 Å². The van der Waals surface area contributed by atoms with Crippen molar-refractivity contribution >= 4 is 40.8 Å². The normalized spacial score (nSPS) is 10.1. The van der Waals surface area contributed by atoms with E-state index in [4.69, 9.17) is 32.7 Å². The predicted molar refractivity (Wildman–Crippen MR) is 93.0 cm³/mol. The van der Waals surface area contributed by atoms with Gasteiger partial charge in [0.2, 0.25) is 0 Å². The predicted octanol–water partition coefficient (Wildman–Crippen LogP) is 4.19. The Morgan fingerprint density at radius 1 is 1.04 bits per heavy atom. The molecule has 0 fully saturated rings. The minimum atomic E-state index is -0.404. The molecule has 0 spiro atoms. The third-order valence-electron chi connectivity index (χ3n) is 2.94. The summed E-state index contributed by atoms with van der Waals surface area (Å²) in [6, 6.07) is 11.1. The van der Waals surface area contributed by atoms with Crippen LogP contribution in [0.3, 0.4) is 0 Å². The fraction of sp³-hybridized carbons (Fsp3) is 0.176. The molecule has 7 heteroatoms. The number of esters is 1. The van der Waals surface area contributed by atoms with E-state index in [0.717, 1.165) is 0 Å².